The summed E-state index contributed by atoms with van der Waals surface area (Å²) in [6.45, 7) is 9.01. The van der Waals surface area contributed by atoms with Crippen molar-refractivity contribution in [2.75, 3.05) is 12.9 Å². The summed E-state index contributed by atoms with van der Waals surface area (Å²) in [6, 6.07) is 3.44. The Hall–Kier alpha value is -2.38. The number of rotatable bonds is 3. The van der Waals surface area contributed by atoms with Gasteiger partial charge in [-0.05, 0) is 36.3 Å². The summed E-state index contributed by atoms with van der Waals surface area (Å²) >= 11 is 1.38. The third kappa shape index (κ3) is 5.58. The number of benzene rings is 1. The predicted octanol–water partition coefficient (Wildman–Crippen LogP) is 4.11. The summed E-state index contributed by atoms with van der Waals surface area (Å²) in [7, 11) is 1.53. The zero-order valence-corrected chi connectivity index (χ0v) is 17.3. The fraction of sp³-hybridized carbons (Fsp3) is 0.364. The molecule has 0 saturated heterocycles. The van der Waals surface area contributed by atoms with Crippen LogP contribution in [-0.2, 0) is 15.3 Å². The number of methoxy groups -OCH3 is 1. The summed E-state index contributed by atoms with van der Waals surface area (Å²) in [5, 5.41) is 10.3. The highest BCUT2D eigenvalue weighted by Gasteiger charge is 2.28. The minimum Gasteiger partial charge on any atom is -0.497 e. The molecule has 1 N–H and O–H groups in total. The monoisotopic (exact) mass is 420 g/mol. The average Bonchev–Trinajstić information content (AvgIpc) is 2.72. The fourth-order valence-electron chi connectivity index (χ4n) is 2.93. The van der Waals surface area contributed by atoms with Crippen molar-refractivity contribution in [3.8, 4) is 5.75 Å². The Labute approximate surface area is 174 Å². The maximum atomic E-state index is 14.2. The molecule has 5 nitrogen and oxygen atoms in total. The average molecular weight is 421 g/mol. The van der Waals surface area contributed by atoms with Gasteiger partial charge in [0, 0.05) is 23.8 Å². The van der Waals surface area contributed by atoms with E-state index < -0.39 is 35.7 Å². The van der Waals surface area contributed by atoms with Crippen LogP contribution in [0.5, 0.6) is 5.75 Å². The van der Waals surface area contributed by atoms with Crippen LogP contribution in [0, 0.1) is 5.92 Å². The lowest BCUT2D eigenvalue weighted by molar-refractivity contribution is -0.126. The van der Waals surface area contributed by atoms with Gasteiger partial charge < -0.3 is 14.6 Å². The standard InChI is InChI=1S/C22H25FO5S/c1-5-14-9-17(27-4)10-16-12-29-11-15(6-2)20(24)21(25)18(23)8-7-13(3)28-22(26)19(14)16/h5-6,8-10,13,15,20,24H,1-2,7,11-12H2,3-4H3/b18-8+/t13-,15-,20-/m0/s1. The van der Waals surface area contributed by atoms with Gasteiger partial charge in [0.1, 0.15) is 18.0 Å². The van der Waals surface area contributed by atoms with Crippen LogP contribution in [0.25, 0.3) is 6.08 Å². The molecule has 0 saturated carbocycles. The molecule has 0 spiro atoms. The largest absolute Gasteiger partial charge is 0.497 e. The highest BCUT2D eigenvalue weighted by atomic mass is 32.2. The molecule has 1 heterocycles. The topological polar surface area (TPSA) is 72.8 Å². The van der Waals surface area contributed by atoms with Crippen LogP contribution in [0.4, 0.5) is 4.39 Å². The van der Waals surface area contributed by atoms with E-state index in [-0.39, 0.29) is 6.42 Å². The Morgan fingerprint density at radius 3 is 2.69 bits per heavy atom. The quantitative estimate of drug-likeness (QED) is 0.586. The molecule has 3 atom stereocenters. The first kappa shape index (κ1) is 22.9. The SMILES string of the molecule is C=Cc1cc(OC)cc2c1C(=O)O[C@@H](C)C/C=C(/F)C(=O)[C@@H](O)[C@@H](C=C)CSC2. The Morgan fingerprint density at radius 1 is 1.34 bits per heavy atom. The van der Waals surface area contributed by atoms with Gasteiger partial charge in [0.05, 0.1) is 12.7 Å². The second-order valence-electron chi connectivity index (χ2n) is 6.68. The van der Waals surface area contributed by atoms with Crippen molar-refractivity contribution in [1.82, 2.24) is 0 Å². The van der Waals surface area contributed by atoms with Crippen LogP contribution in [-0.4, -0.2) is 41.9 Å². The van der Waals surface area contributed by atoms with Gasteiger partial charge in [-0.1, -0.05) is 18.7 Å². The number of aliphatic hydroxyl groups excluding tert-OH is 1. The van der Waals surface area contributed by atoms with E-state index in [2.05, 4.69) is 13.2 Å². The van der Waals surface area contributed by atoms with Gasteiger partial charge in [-0.25, -0.2) is 9.18 Å². The van der Waals surface area contributed by atoms with Gasteiger partial charge in [-0.3, -0.25) is 4.79 Å². The molecule has 0 amide bonds. The number of hydrogen-bond acceptors (Lipinski definition) is 6. The lowest BCUT2D eigenvalue weighted by Gasteiger charge is -2.20. The first-order valence-corrected chi connectivity index (χ1v) is 10.3. The number of aliphatic hydroxyl groups is 1. The van der Waals surface area contributed by atoms with E-state index in [1.54, 1.807) is 25.1 Å². The molecule has 0 radical (unpaired) electrons. The van der Waals surface area contributed by atoms with Gasteiger partial charge in [0.2, 0.25) is 5.78 Å². The molecule has 0 aromatic heterocycles. The highest BCUT2D eigenvalue weighted by molar-refractivity contribution is 7.98. The summed E-state index contributed by atoms with van der Waals surface area (Å²) in [5.41, 5.74) is 1.62. The van der Waals surface area contributed by atoms with Gasteiger partial charge in [0.15, 0.2) is 5.83 Å². The second-order valence-corrected chi connectivity index (χ2v) is 7.71. The van der Waals surface area contributed by atoms with Crippen molar-refractivity contribution >= 4 is 29.6 Å². The maximum absolute atomic E-state index is 14.2. The number of carbonyl (C=O) groups excluding carboxylic acids is 2. The fourth-order valence-corrected chi connectivity index (χ4v) is 4.08. The van der Waals surface area contributed by atoms with E-state index in [1.165, 1.54) is 24.9 Å². The highest BCUT2D eigenvalue weighted by Crippen LogP contribution is 2.30. The van der Waals surface area contributed by atoms with Gasteiger partial charge >= 0.3 is 5.97 Å². The Balaban J connectivity index is 2.48. The van der Waals surface area contributed by atoms with E-state index in [1.807, 2.05) is 0 Å². The molecule has 0 unspecified atom stereocenters. The molecule has 1 aromatic carbocycles. The molecular weight excluding hydrogens is 395 g/mol. The maximum Gasteiger partial charge on any atom is 0.339 e. The normalized spacial score (nSPS) is 25.7. The summed E-state index contributed by atoms with van der Waals surface area (Å²) in [4.78, 5) is 25.0. The van der Waals surface area contributed by atoms with E-state index in [9.17, 15) is 19.1 Å². The van der Waals surface area contributed by atoms with Crippen molar-refractivity contribution in [2.45, 2.75) is 31.3 Å². The molecule has 0 fully saturated rings. The first-order valence-electron chi connectivity index (χ1n) is 9.14. The number of ketones is 1. The summed E-state index contributed by atoms with van der Waals surface area (Å²) in [6.07, 6.45) is 1.83. The van der Waals surface area contributed by atoms with E-state index in [4.69, 9.17) is 9.47 Å². The number of ether oxygens (including phenoxy) is 2. The Kier molecular flexibility index (Phi) is 8.22. The molecule has 1 aromatic rings. The zero-order chi connectivity index (χ0) is 21.6. The van der Waals surface area contributed by atoms with Crippen molar-refractivity contribution in [1.29, 1.82) is 0 Å². The molecule has 29 heavy (non-hydrogen) atoms. The zero-order valence-electron chi connectivity index (χ0n) is 16.5. The number of cyclic esters (lactones) is 1. The van der Waals surface area contributed by atoms with Crippen molar-refractivity contribution in [3.63, 3.8) is 0 Å². The lowest BCUT2D eigenvalue weighted by Crippen LogP contribution is -2.30. The van der Waals surface area contributed by atoms with Gasteiger partial charge in [-0.15, -0.1) is 6.58 Å². The van der Waals surface area contributed by atoms with Crippen molar-refractivity contribution in [2.24, 2.45) is 5.92 Å². The van der Waals surface area contributed by atoms with Gasteiger partial charge in [0.25, 0.3) is 0 Å². The van der Waals surface area contributed by atoms with E-state index in [0.717, 1.165) is 6.08 Å². The summed E-state index contributed by atoms with van der Waals surface area (Å²) in [5.74, 6) is -1.96. The number of halogens is 1. The van der Waals surface area contributed by atoms with Crippen LogP contribution in [0.1, 0.15) is 34.8 Å². The lowest BCUT2D eigenvalue weighted by atomic mass is 9.99. The van der Waals surface area contributed by atoms with Gasteiger partial charge in [-0.2, -0.15) is 11.8 Å². The number of esters is 1. The number of thioether (sulfide) groups is 1. The molecule has 1 aliphatic rings. The van der Waals surface area contributed by atoms with Crippen LogP contribution < -0.4 is 4.74 Å². The van der Waals surface area contributed by atoms with Crippen LogP contribution in [0.3, 0.4) is 0 Å². The summed E-state index contributed by atoms with van der Waals surface area (Å²) < 4.78 is 24.9. The van der Waals surface area contributed by atoms with Crippen LogP contribution in [0.2, 0.25) is 0 Å². The number of Topliss-reactive ketones (excluding diaryl/α,β-unsaturated/α-hetero) is 1. The molecule has 2 rings (SSSR count). The first-order chi connectivity index (χ1) is 13.8. The molecule has 1 aliphatic heterocycles. The van der Waals surface area contributed by atoms with E-state index >= 15 is 0 Å². The number of fused-ring (bicyclic) bond motifs is 1. The molecule has 0 aliphatic carbocycles. The van der Waals surface area contributed by atoms with Crippen LogP contribution in [0.15, 0.2) is 43.3 Å². The molecule has 7 heteroatoms. The number of carbonyl (C=O) groups is 2. The minimum atomic E-state index is -1.52. The Bertz CT molecular complexity index is 833. The third-order valence-corrected chi connectivity index (χ3v) is 5.74. The smallest absolute Gasteiger partial charge is 0.339 e. The van der Waals surface area contributed by atoms with Crippen molar-refractivity contribution in [3.05, 3.63) is 60.0 Å². The predicted molar refractivity (Wildman–Crippen MR) is 113 cm³/mol. The number of hydrogen-bond donors (Lipinski definition) is 1. The second kappa shape index (κ2) is 10.4. The Morgan fingerprint density at radius 2 is 2.07 bits per heavy atom. The molecule has 0 bridgehead atoms. The molecular formula is C22H25FO5S. The van der Waals surface area contributed by atoms with Crippen LogP contribution >= 0.6 is 11.8 Å². The third-order valence-electron chi connectivity index (χ3n) is 4.60. The van der Waals surface area contributed by atoms with E-state index in [0.29, 0.717) is 33.9 Å². The minimum absolute atomic E-state index is 0.00154. The van der Waals surface area contributed by atoms with Crippen molar-refractivity contribution < 1.29 is 28.6 Å². The molecule has 156 valence electrons.